The number of allylic oxidation sites excluding steroid dienone is 4. The molecular weight excluding hydrogens is 283 g/mol. The first-order valence-corrected chi connectivity index (χ1v) is 5.54. The first kappa shape index (κ1) is 9.54. The van der Waals surface area contributed by atoms with Gasteiger partial charge in [-0.15, -0.1) is 0 Å². The van der Waals surface area contributed by atoms with E-state index < -0.39 is 0 Å². The minimum absolute atomic E-state index is 0.299. The lowest BCUT2D eigenvalue weighted by Crippen LogP contribution is -1.82. The van der Waals surface area contributed by atoms with E-state index in [1.807, 2.05) is 24.3 Å². The minimum Gasteiger partial charge on any atom is -0.0861 e. The summed E-state index contributed by atoms with van der Waals surface area (Å²) in [5, 5.41) is 0. The monoisotopic (exact) mass is 292 g/mol. The van der Waals surface area contributed by atoms with Crippen LogP contribution >= 0.6 is 22.6 Å². The van der Waals surface area contributed by atoms with E-state index in [9.17, 15) is 0 Å². The Bertz CT molecular complexity index is 432. The number of halogens is 1. The average molecular weight is 292 g/mol. The Morgan fingerprint density at radius 2 is 1.93 bits per heavy atom. The van der Waals surface area contributed by atoms with Gasteiger partial charge in [-0.3, -0.25) is 0 Å². The van der Waals surface area contributed by atoms with Crippen LogP contribution in [0.4, 0.5) is 0 Å². The lowest BCUT2D eigenvalue weighted by Gasteiger charge is -1.92. The lowest BCUT2D eigenvalue weighted by atomic mass is 10.1. The molecule has 0 radical (unpaired) electrons. The van der Waals surface area contributed by atoms with Gasteiger partial charge >= 0.3 is 0 Å². The second-order valence-corrected chi connectivity index (χ2v) is 4.32. The van der Waals surface area contributed by atoms with Crippen LogP contribution < -0.4 is 0 Å². The van der Waals surface area contributed by atoms with Gasteiger partial charge < -0.3 is 0 Å². The van der Waals surface area contributed by atoms with Gasteiger partial charge in [0.05, 0.1) is 5.92 Å². The molecule has 0 N–H and O–H groups in total. The zero-order valence-corrected chi connectivity index (χ0v) is 9.73. The van der Waals surface area contributed by atoms with Gasteiger partial charge in [-0.2, -0.15) is 0 Å². The van der Waals surface area contributed by atoms with Crippen molar-refractivity contribution in [1.82, 2.24) is 0 Å². The van der Waals surface area contributed by atoms with Gasteiger partial charge in [0.15, 0.2) is 0 Å². The summed E-state index contributed by atoms with van der Waals surface area (Å²) in [7, 11) is 0. The highest BCUT2D eigenvalue weighted by Crippen LogP contribution is 2.09. The fourth-order valence-electron chi connectivity index (χ4n) is 1.26. The van der Waals surface area contributed by atoms with Gasteiger partial charge in [0.2, 0.25) is 0 Å². The highest BCUT2D eigenvalue weighted by atomic mass is 127. The number of rotatable bonds is 0. The normalized spacial score (nSPS) is 14.1. The van der Waals surface area contributed by atoms with Gasteiger partial charge in [-0.1, -0.05) is 42.2 Å². The molecule has 0 aromatic heterocycles. The maximum atomic E-state index is 3.20. The standard InChI is InChI=1S/C13H9I/c14-13-7-3-6-12(10-13)9-8-11-4-1-2-5-11/h1-7,10-11H. The van der Waals surface area contributed by atoms with Crippen LogP contribution in [0.2, 0.25) is 0 Å². The summed E-state index contributed by atoms with van der Waals surface area (Å²) in [5.74, 6) is 6.67. The van der Waals surface area contributed by atoms with E-state index in [2.05, 4.69) is 58.7 Å². The molecule has 1 aliphatic rings. The Balaban J connectivity index is 2.17. The van der Waals surface area contributed by atoms with Crippen LogP contribution in [0.1, 0.15) is 5.56 Å². The summed E-state index contributed by atoms with van der Waals surface area (Å²) < 4.78 is 1.23. The van der Waals surface area contributed by atoms with Crippen LogP contribution in [0, 0.1) is 21.3 Å². The van der Waals surface area contributed by atoms with Crippen molar-refractivity contribution in [1.29, 1.82) is 0 Å². The van der Waals surface area contributed by atoms with Crippen molar-refractivity contribution in [2.24, 2.45) is 5.92 Å². The fraction of sp³-hybridized carbons (Fsp3) is 0.0769. The van der Waals surface area contributed by atoms with Gasteiger partial charge in [0, 0.05) is 9.13 Å². The molecule has 0 nitrogen and oxygen atoms in total. The Morgan fingerprint density at radius 3 is 2.64 bits per heavy atom. The van der Waals surface area contributed by atoms with Crippen LogP contribution in [0.25, 0.3) is 0 Å². The summed E-state index contributed by atoms with van der Waals surface area (Å²) >= 11 is 2.30. The zero-order chi connectivity index (χ0) is 9.80. The van der Waals surface area contributed by atoms with E-state index in [4.69, 9.17) is 0 Å². The second kappa shape index (κ2) is 4.47. The molecule has 0 unspecified atom stereocenters. The summed E-state index contributed by atoms with van der Waals surface area (Å²) in [6.07, 6.45) is 8.27. The van der Waals surface area contributed by atoms with Gasteiger partial charge in [-0.05, 0) is 40.8 Å². The van der Waals surface area contributed by atoms with Crippen LogP contribution in [-0.2, 0) is 0 Å². The highest BCUT2D eigenvalue weighted by molar-refractivity contribution is 14.1. The molecule has 0 saturated heterocycles. The van der Waals surface area contributed by atoms with Crippen LogP contribution in [-0.4, -0.2) is 0 Å². The van der Waals surface area contributed by atoms with Crippen LogP contribution in [0.3, 0.4) is 0 Å². The third-order valence-electron chi connectivity index (χ3n) is 1.96. The number of hydrogen-bond acceptors (Lipinski definition) is 0. The SMILES string of the molecule is Ic1cccc(C#CC2C=CC=C2)c1. The molecule has 0 bridgehead atoms. The quantitative estimate of drug-likeness (QED) is 0.508. The molecule has 0 fully saturated rings. The molecule has 0 saturated carbocycles. The molecule has 14 heavy (non-hydrogen) atoms. The van der Waals surface area contributed by atoms with Crippen molar-refractivity contribution in [3.8, 4) is 11.8 Å². The maximum Gasteiger partial charge on any atom is 0.0573 e. The molecular formula is C13H9I. The molecule has 1 aromatic carbocycles. The second-order valence-electron chi connectivity index (χ2n) is 3.08. The number of hydrogen-bond donors (Lipinski definition) is 0. The maximum absolute atomic E-state index is 3.20. The molecule has 2 rings (SSSR count). The molecule has 0 aliphatic heterocycles. The predicted octanol–water partition coefficient (Wildman–Crippen LogP) is 3.38. The van der Waals surface area contributed by atoms with Crippen LogP contribution in [0.15, 0.2) is 48.6 Å². The Kier molecular flexibility index (Phi) is 3.05. The minimum atomic E-state index is 0.299. The topological polar surface area (TPSA) is 0 Å². The van der Waals surface area contributed by atoms with E-state index in [1.165, 1.54) is 3.57 Å². The predicted molar refractivity (Wildman–Crippen MR) is 67.8 cm³/mol. The first-order chi connectivity index (χ1) is 6.84. The van der Waals surface area contributed by atoms with E-state index in [0.717, 1.165) is 5.56 Å². The average Bonchev–Trinajstić information content (AvgIpc) is 2.67. The molecule has 0 atom stereocenters. The smallest absolute Gasteiger partial charge is 0.0573 e. The fourth-order valence-corrected chi connectivity index (χ4v) is 1.80. The Hall–Kier alpha value is -1.01. The van der Waals surface area contributed by atoms with E-state index in [1.54, 1.807) is 0 Å². The lowest BCUT2D eigenvalue weighted by molar-refractivity contribution is 1.15. The van der Waals surface area contributed by atoms with Crippen molar-refractivity contribution in [2.45, 2.75) is 0 Å². The highest BCUT2D eigenvalue weighted by Gasteiger charge is 1.96. The van der Waals surface area contributed by atoms with E-state index in [-0.39, 0.29) is 0 Å². The summed E-state index contributed by atoms with van der Waals surface area (Å²) in [4.78, 5) is 0. The Morgan fingerprint density at radius 1 is 1.14 bits per heavy atom. The van der Waals surface area contributed by atoms with Crippen molar-refractivity contribution in [3.05, 3.63) is 57.7 Å². The molecule has 1 aromatic rings. The summed E-state index contributed by atoms with van der Waals surface area (Å²) in [6, 6.07) is 8.24. The number of benzene rings is 1. The molecule has 68 valence electrons. The van der Waals surface area contributed by atoms with Crippen molar-refractivity contribution in [3.63, 3.8) is 0 Å². The third-order valence-corrected chi connectivity index (χ3v) is 2.63. The zero-order valence-electron chi connectivity index (χ0n) is 7.57. The Labute approximate surface area is 97.9 Å². The van der Waals surface area contributed by atoms with Crippen molar-refractivity contribution >= 4 is 22.6 Å². The van der Waals surface area contributed by atoms with E-state index in [0.29, 0.717) is 5.92 Å². The summed E-state index contributed by atoms with van der Waals surface area (Å²) in [5.41, 5.74) is 1.09. The first-order valence-electron chi connectivity index (χ1n) is 4.47. The molecule has 1 aliphatic carbocycles. The molecule has 0 heterocycles. The van der Waals surface area contributed by atoms with Gasteiger partial charge in [0.1, 0.15) is 0 Å². The van der Waals surface area contributed by atoms with Gasteiger partial charge in [-0.25, -0.2) is 0 Å². The summed E-state index contributed by atoms with van der Waals surface area (Å²) in [6.45, 7) is 0. The molecule has 1 heteroatoms. The molecule has 0 amide bonds. The largest absolute Gasteiger partial charge is 0.0861 e. The van der Waals surface area contributed by atoms with Crippen LogP contribution in [0.5, 0.6) is 0 Å². The van der Waals surface area contributed by atoms with Crippen molar-refractivity contribution < 1.29 is 0 Å². The van der Waals surface area contributed by atoms with Crippen molar-refractivity contribution in [2.75, 3.05) is 0 Å². The van der Waals surface area contributed by atoms with Gasteiger partial charge in [0.25, 0.3) is 0 Å². The van der Waals surface area contributed by atoms with E-state index >= 15 is 0 Å². The third kappa shape index (κ3) is 2.49. The molecule has 0 spiro atoms.